The van der Waals surface area contributed by atoms with E-state index in [-0.39, 0.29) is 0 Å². The monoisotopic (exact) mass is 136 g/mol. The molecule has 0 fully saturated rings. The van der Waals surface area contributed by atoms with Crippen molar-refractivity contribution >= 4 is 0 Å². The third kappa shape index (κ3) is 1.91. The molecule has 0 rings (SSSR count). The average Bonchev–Trinajstić information content (AvgIpc) is 1.65. The molecule has 0 spiro atoms. The first-order chi connectivity index (χ1) is 3.89. The van der Waals surface area contributed by atoms with Crippen molar-refractivity contribution in [1.82, 2.24) is 0 Å². The lowest BCUT2D eigenvalue weighted by Gasteiger charge is -2.26. The highest BCUT2D eigenvalue weighted by Crippen LogP contribution is 2.15. The first-order valence-electron chi connectivity index (χ1n) is 2.70. The highest BCUT2D eigenvalue weighted by molar-refractivity contribution is 4.69. The minimum Gasteiger partial charge on any atom is -0.364 e. The Morgan fingerprint density at radius 2 is 1.44 bits per heavy atom. The van der Waals surface area contributed by atoms with Crippen LogP contribution in [0.5, 0.6) is 0 Å². The molecule has 0 aliphatic heterocycles. The zero-order valence-corrected chi connectivity index (χ0v) is 5.44. The van der Waals surface area contributed by atoms with Gasteiger partial charge in [-0.2, -0.15) is 0 Å². The summed E-state index contributed by atoms with van der Waals surface area (Å²) >= 11 is 0. The van der Waals surface area contributed by atoms with Gasteiger partial charge in [-0.25, -0.2) is 0 Å². The standard InChI is InChI=1S/C5H12O4/c1-3(2)5(8,9)4(6)7/h3-4,6-9H,1-2H3. The van der Waals surface area contributed by atoms with Crippen LogP contribution in [0.2, 0.25) is 0 Å². The van der Waals surface area contributed by atoms with Crippen molar-refractivity contribution in [2.24, 2.45) is 5.92 Å². The van der Waals surface area contributed by atoms with Crippen LogP contribution in [-0.2, 0) is 0 Å². The lowest BCUT2D eigenvalue weighted by atomic mass is 10.0. The van der Waals surface area contributed by atoms with Crippen LogP contribution < -0.4 is 0 Å². The fourth-order valence-electron chi connectivity index (χ4n) is 0.298. The summed E-state index contributed by atoms with van der Waals surface area (Å²) in [5.41, 5.74) is 0. The number of aliphatic hydroxyl groups is 4. The highest BCUT2D eigenvalue weighted by atomic mass is 16.6. The molecule has 4 nitrogen and oxygen atoms in total. The van der Waals surface area contributed by atoms with Gasteiger partial charge in [0.15, 0.2) is 0 Å². The Labute approximate surface area is 53.4 Å². The summed E-state index contributed by atoms with van der Waals surface area (Å²) in [6, 6.07) is 0. The minimum atomic E-state index is -2.39. The maximum absolute atomic E-state index is 8.72. The summed E-state index contributed by atoms with van der Waals surface area (Å²) in [7, 11) is 0. The number of hydrogen-bond acceptors (Lipinski definition) is 4. The van der Waals surface area contributed by atoms with Gasteiger partial charge in [-0.3, -0.25) is 0 Å². The van der Waals surface area contributed by atoms with E-state index in [1.165, 1.54) is 13.8 Å². The Kier molecular flexibility index (Phi) is 2.57. The van der Waals surface area contributed by atoms with Crippen LogP contribution in [0.3, 0.4) is 0 Å². The normalized spacial score (nSPS) is 13.3. The summed E-state index contributed by atoms with van der Waals surface area (Å²) in [6.45, 7) is 2.94. The van der Waals surface area contributed by atoms with Gasteiger partial charge in [0.25, 0.3) is 0 Å². The van der Waals surface area contributed by atoms with Crippen LogP contribution >= 0.6 is 0 Å². The molecule has 4 heteroatoms. The molecule has 0 aliphatic rings. The topological polar surface area (TPSA) is 80.9 Å². The Morgan fingerprint density at radius 1 is 1.11 bits per heavy atom. The van der Waals surface area contributed by atoms with E-state index >= 15 is 0 Å². The molecule has 0 amide bonds. The molecule has 0 aliphatic carbocycles. The summed E-state index contributed by atoms with van der Waals surface area (Å²) in [5, 5.41) is 34.1. The van der Waals surface area contributed by atoms with Gasteiger partial charge in [-0.1, -0.05) is 13.8 Å². The lowest BCUT2D eigenvalue weighted by Crippen LogP contribution is -2.46. The van der Waals surface area contributed by atoms with Crippen molar-refractivity contribution < 1.29 is 20.4 Å². The molecular weight excluding hydrogens is 124 g/mol. The summed E-state index contributed by atoms with van der Waals surface area (Å²) < 4.78 is 0. The second-order valence-corrected chi connectivity index (χ2v) is 2.31. The van der Waals surface area contributed by atoms with Crippen LogP contribution in [0.15, 0.2) is 0 Å². The minimum absolute atomic E-state index is 0.600. The zero-order valence-electron chi connectivity index (χ0n) is 5.44. The molecule has 0 bridgehead atoms. The second-order valence-electron chi connectivity index (χ2n) is 2.31. The largest absolute Gasteiger partial charge is 0.364 e. The van der Waals surface area contributed by atoms with E-state index in [1.54, 1.807) is 0 Å². The molecular formula is C5H12O4. The highest BCUT2D eigenvalue weighted by Gasteiger charge is 2.35. The van der Waals surface area contributed by atoms with Gasteiger partial charge in [0.2, 0.25) is 12.1 Å². The first-order valence-corrected chi connectivity index (χ1v) is 2.70. The number of hydrogen-bond donors (Lipinski definition) is 4. The van der Waals surface area contributed by atoms with Gasteiger partial charge in [-0.05, 0) is 0 Å². The maximum atomic E-state index is 8.72. The zero-order chi connectivity index (χ0) is 7.65. The molecule has 0 aromatic carbocycles. The number of rotatable bonds is 2. The Hall–Kier alpha value is -0.160. The quantitative estimate of drug-likeness (QED) is 0.353. The molecule has 0 radical (unpaired) electrons. The smallest absolute Gasteiger partial charge is 0.217 e. The average molecular weight is 136 g/mol. The van der Waals surface area contributed by atoms with Crippen molar-refractivity contribution in [3.8, 4) is 0 Å². The molecule has 0 saturated heterocycles. The van der Waals surface area contributed by atoms with Crippen molar-refractivity contribution in [3.05, 3.63) is 0 Å². The van der Waals surface area contributed by atoms with E-state index in [2.05, 4.69) is 0 Å². The fraction of sp³-hybridized carbons (Fsp3) is 1.00. The lowest BCUT2D eigenvalue weighted by molar-refractivity contribution is -0.309. The molecule has 0 aromatic heterocycles. The third-order valence-corrected chi connectivity index (χ3v) is 1.23. The second kappa shape index (κ2) is 2.62. The molecule has 56 valence electrons. The predicted octanol–water partition coefficient (Wildman–Crippen LogP) is -1.37. The first kappa shape index (κ1) is 8.84. The van der Waals surface area contributed by atoms with Gasteiger partial charge in [0.1, 0.15) is 0 Å². The van der Waals surface area contributed by atoms with E-state index in [9.17, 15) is 0 Å². The predicted molar refractivity (Wildman–Crippen MR) is 30.2 cm³/mol. The van der Waals surface area contributed by atoms with Crippen LogP contribution in [0.1, 0.15) is 13.8 Å². The van der Waals surface area contributed by atoms with Gasteiger partial charge >= 0.3 is 0 Å². The Morgan fingerprint density at radius 3 is 1.44 bits per heavy atom. The van der Waals surface area contributed by atoms with Crippen LogP contribution in [-0.4, -0.2) is 32.5 Å². The van der Waals surface area contributed by atoms with Crippen LogP contribution in [0.4, 0.5) is 0 Å². The van der Waals surface area contributed by atoms with E-state index in [0.29, 0.717) is 0 Å². The molecule has 4 N–H and O–H groups in total. The van der Waals surface area contributed by atoms with Crippen LogP contribution in [0.25, 0.3) is 0 Å². The van der Waals surface area contributed by atoms with Crippen molar-refractivity contribution in [3.63, 3.8) is 0 Å². The van der Waals surface area contributed by atoms with E-state index in [0.717, 1.165) is 0 Å². The van der Waals surface area contributed by atoms with Crippen molar-refractivity contribution in [2.45, 2.75) is 25.9 Å². The Balaban J connectivity index is 4.01. The van der Waals surface area contributed by atoms with Gasteiger partial charge < -0.3 is 20.4 Å². The fourth-order valence-corrected chi connectivity index (χ4v) is 0.298. The molecule has 0 aromatic rings. The van der Waals surface area contributed by atoms with E-state index < -0.39 is 18.0 Å². The third-order valence-electron chi connectivity index (χ3n) is 1.23. The van der Waals surface area contributed by atoms with Gasteiger partial charge in [0.05, 0.1) is 0 Å². The van der Waals surface area contributed by atoms with Gasteiger partial charge in [-0.15, -0.1) is 0 Å². The van der Waals surface area contributed by atoms with E-state index in [4.69, 9.17) is 20.4 Å². The molecule has 9 heavy (non-hydrogen) atoms. The van der Waals surface area contributed by atoms with Crippen molar-refractivity contribution in [2.75, 3.05) is 0 Å². The molecule has 0 atom stereocenters. The SMILES string of the molecule is CC(C)C(O)(O)C(O)O. The molecule has 0 heterocycles. The molecule has 0 saturated carbocycles. The Bertz CT molecular complexity index is 77.0. The van der Waals surface area contributed by atoms with Crippen molar-refractivity contribution in [1.29, 1.82) is 0 Å². The summed E-state index contributed by atoms with van der Waals surface area (Å²) in [5.74, 6) is -2.99. The van der Waals surface area contributed by atoms with E-state index in [1.807, 2.05) is 0 Å². The molecule has 0 unspecified atom stereocenters. The summed E-state index contributed by atoms with van der Waals surface area (Å²) in [4.78, 5) is 0. The maximum Gasteiger partial charge on any atom is 0.217 e. The van der Waals surface area contributed by atoms with Crippen LogP contribution in [0, 0.1) is 5.92 Å². The van der Waals surface area contributed by atoms with Gasteiger partial charge in [0, 0.05) is 5.92 Å². The summed E-state index contributed by atoms with van der Waals surface area (Å²) in [6.07, 6.45) is -2.10. The number of aliphatic hydroxyl groups excluding tert-OH is 1.